The van der Waals surface area contributed by atoms with Crippen molar-refractivity contribution >= 4 is 16.8 Å². The van der Waals surface area contributed by atoms with Gasteiger partial charge in [0.25, 0.3) is 5.91 Å². The maximum Gasteiger partial charge on any atom is 0.286 e. The number of ether oxygens (including phenoxy) is 4. The van der Waals surface area contributed by atoms with Gasteiger partial charge in [-0.25, -0.2) is 0 Å². The van der Waals surface area contributed by atoms with Crippen LogP contribution in [0, 0.1) is 0 Å². The minimum Gasteiger partial charge on any atom is -0.497 e. The van der Waals surface area contributed by atoms with Gasteiger partial charge in [-0.3, -0.25) is 4.79 Å². The monoisotopic (exact) mass is 480 g/mol. The van der Waals surface area contributed by atoms with Gasteiger partial charge in [0.1, 0.15) is 5.75 Å². The fraction of sp³-hybridized carbons (Fsp3) is 0.370. The van der Waals surface area contributed by atoms with Crippen LogP contribution < -0.4 is 10.1 Å². The molecule has 8 heteroatoms. The molecular formula is C27H32N2O6. The smallest absolute Gasteiger partial charge is 0.286 e. The second kappa shape index (κ2) is 12.4. The van der Waals surface area contributed by atoms with Crippen LogP contribution in [0.4, 0.5) is 0 Å². The molecule has 2 unspecified atom stereocenters. The molecule has 1 aliphatic heterocycles. The van der Waals surface area contributed by atoms with Crippen molar-refractivity contribution < 1.29 is 28.8 Å². The van der Waals surface area contributed by atoms with Crippen molar-refractivity contribution in [1.82, 2.24) is 10.3 Å². The van der Waals surface area contributed by atoms with Crippen molar-refractivity contribution in [3.8, 4) is 5.75 Å². The molecule has 2 atom stereocenters. The number of carbonyl (C=O) groups excluding carboxylic acids is 1. The summed E-state index contributed by atoms with van der Waals surface area (Å²) in [5.74, 6) is 0.776. The van der Waals surface area contributed by atoms with Gasteiger partial charge in [-0.05, 0) is 41.8 Å². The Labute approximate surface area is 204 Å². The number of methoxy groups -OCH3 is 1. The van der Waals surface area contributed by atoms with E-state index in [1.807, 2.05) is 60.8 Å². The Bertz CT molecular complexity index is 1130. The fourth-order valence-corrected chi connectivity index (χ4v) is 4.15. The van der Waals surface area contributed by atoms with Gasteiger partial charge in [0, 0.05) is 36.0 Å². The minimum atomic E-state index is -0.565. The van der Waals surface area contributed by atoms with Gasteiger partial charge < -0.3 is 34.4 Å². The number of hydrogen-bond acceptors (Lipinski definition) is 6. The number of aromatic nitrogens is 1. The molecule has 1 amide bonds. The molecule has 0 spiro atoms. The number of carbonyl (C=O) groups is 1. The van der Waals surface area contributed by atoms with Crippen molar-refractivity contribution in [2.24, 2.45) is 0 Å². The van der Waals surface area contributed by atoms with E-state index in [0.717, 1.165) is 27.8 Å². The number of allylic oxidation sites excluding steroid dienone is 1. The van der Waals surface area contributed by atoms with Crippen LogP contribution >= 0.6 is 0 Å². The standard InChI is InChI=1S/C27H32N2O6/c1-32-22-7-8-24-23(17-22)20(18-29-24)9-10-28-27(31)25-15-21(19-5-3-2-4-6-19)16-26(35-25)34-14-13-33-12-11-30/h2-8,15,17-18,21,26,29-30H,9-14,16H2,1H3,(H,28,31). The normalized spacial score (nSPS) is 17.6. The second-order valence-electron chi connectivity index (χ2n) is 8.27. The average molecular weight is 481 g/mol. The molecule has 3 aromatic rings. The highest BCUT2D eigenvalue weighted by atomic mass is 16.7. The second-order valence-corrected chi connectivity index (χ2v) is 8.27. The largest absolute Gasteiger partial charge is 0.497 e. The molecular weight excluding hydrogens is 448 g/mol. The summed E-state index contributed by atoms with van der Waals surface area (Å²) in [6.07, 6.45) is 4.52. The highest BCUT2D eigenvalue weighted by Crippen LogP contribution is 2.31. The number of H-pyrrole nitrogens is 1. The van der Waals surface area contributed by atoms with Crippen molar-refractivity contribution in [2.45, 2.75) is 25.0 Å². The Kier molecular flexibility index (Phi) is 8.78. The average Bonchev–Trinajstić information content (AvgIpc) is 3.31. The zero-order chi connectivity index (χ0) is 24.5. The van der Waals surface area contributed by atoms with Gasteiger partial charge in [-0.1, -0.05) is 30.3 Å². The lowest BCUT2D eigenvalue weighted by atomic mass is 9.93. The minimum absolute atomic E-state index is 0.00450. The van der Waals surface area contributed by atoms with Crippen molar-refractivity contribution in [3.05, 3.63) is 77.7 Å². The molecule has 4 rings (SSSR count). The summed E-state index contributed by atoms with van der Waals surface area (Å²) in [4.78, 5) is 16.2. The van der Waals surface area contributed by atoms with Gasteiger partial charge >= 0.3 is 0 Å². The van der Waals surface area contributed by atoms with Gasteiger partial charge in [0.05, 0.1) is 33.5 Å². The van der Waals surface area contributed by atoms with E-state index < -0.39 is 6.29 Å². The number of rotatable bonds is 12. The van der Waals surface area contributed by atoms with Crippen molar-refractivity contribution in [3.63, 3.8) is 0 Å². The summed E-state index contributed by atoms with van der Waals surface area (Å²) in [6, 6.07) is 15.9. The summed E-state index contributed by atoms with van der Waals surface area (Å²) < 4.78 is 22.3. The zero-order valence-electron chi connectivity index (χ0n) is 19.9. The highest BCUT2D eigenvalue weighted by Gasteiger charge is 2.28. The Morgan fingerprint density at radius 2 is 2.03 bits per heavy atom. The number of nitrogens with one attached hydrogen (secondary N) is 2. The predicted octanol–water partition coefficient (Wildman–Crippen LogP) is 3.27. The maximum absolute atomic E-state index is 13.0. The first kappa shape index (κ1) is 24.8. The van der Waals surface area contributed by atoms with Gasteiger partial charge in [0.15, 0.2) is 5.76 Å². The topological polar surface area (TPSA) is 102 Å². The highest BCUT2D eigenvalue weighted by molar-refractivity contribution is 5.92. The van der Waals surface area contributed by atoms with Crippen molar-refractivity contribution in [1.29, 1.82) is 0 Å². The number of aliphatic hydroxyl groups is 1. The SMILES string of the molecule is COc1ccc2[nH]cc(CCNC(=O)C3=CC(c4ccccc4)CC(OCCOCCO)O3)c2c1. The van der Waals surface area contributed by atoms with Crippen molar-refractivity contribution in [2.75, 3.05) is 40.1 Å². The van der Waals surface area contributed by atoms with E-state index in [4.69, 9.17) is 24.1 Å². The predicted molar refractivity (Wildman–Crippen MR) is 132 cm³/mol. The molecule has 0 saturated carbocycles. The first-order chi connectivity index (χ1) is 17.2. The van der Waals surface area contributed by atoms with E-state index in [1.54, 1.807) is 7.11 Å². The Hall–Kier alpha value is -3.33. The van der Waals surface area contributed by atoms with Gasteiger partial charge in [-0.15, -0.1) is 0 Å². The van der Waals surface area contributed by atoms with E-state index in [-0.39, 0.29) is 30.8 Å². The van der Waals surface area contributed by atoms with Gasteiger partial charge in [-0.2, -0.15) is 0 Å². The summed E-state index contributed by atoms with van der Waals surface area (Å²) in [5, 5.41) is 12.9. The van der Waals surface area contributed by atoms with Crippen LogP contribution in [0.3, 0.4) is 0 Å². The van der Waals surface area contributed by atoms with E-state index in [2.05, 4.69) is 10.3 Å². The van der Waals surface area contributed by atoms with Crippen LogP contribution in [0.15, 0.2) is 66.6 Å². The lowest BCUT2D eigenvalue weighted by Crippen LogP contribution is -2.34. The van der Waals surface area contributed by atoms with Crippen LogP contribution in [0.2, 0.25) is 0 Å². The summed E-state index contributed by atoms with van der Waals surface area (Å²) >= 11 is 0. The lowest BCUT2D eigenvalue weighted by Gasteiger charge is -2.29. The first-order valence-corrected chi connectivity index (χ1v) is 11.8. The number of aliphatic hydroxyl groups excluding tert-OH is 1. The zero-order valence-corrected chi connectivity index (χ0v) is 19.9. The van der Waals surface area contributed by atoms with E-state index >= 15 is 0 Å². The molecule has 0 aliphatic carbocycles. The van der Waals surface area contributed by atoms with Crippen LogP contribution in [-0.2, 0) is 25.4 Å². The lowest BCUT2D eigenvalue weighted by molar-refractivity contribution is -0.151. The molecule has 0 saturated heterocycles. The number of benzene rings is 2. The fourth-order valence-electron chi connectivity index (χ4n) is 4.15. The third-order valence-corrected chi connectivity index (χ3v) is 5.93. The number of fused-ring (bicyclic) bond motifs is 1. The molecule has 2 aromatic carbocycles. The number of hydrogen-bond donors (Lipinski definition) is 3. The molecule has 2 heterocycles. The molecule has 35 heavy (non-hydrogen) atoms. The molecule has 186 valence electrons. The summed E-state index contributed by atoms with van der Waals surface area (Å²) in [5.41, 5.74) is 3.22. The summed E-state index contributed by atoms with van der Waals surface area (Å²) in [7, 11) is 1.65. The van der Waals surface area contributed by atoms with Crippen LogP contribution in [0.5, 0.6) is 5.75 Å². The third-order valence-electron chi connectivity index (χ3n) is 5.93. The maximum atomic E-state index is 13.0. The van der Waals surface area contributed by atoms with Crippen LogP contribution in [0.25, 0.3) is 10.9 Å². The van der Waals surface area contributed by atoms with E-state index in [9.17, 15) is 4.79 Å². The Morgan fingerprint density at radius 3 is 2.83 bits per heavy atom. The Balaban J connectivity index is 1.38. The molecule has 0 radical (unpaired) electrons. The van der Waals surface area contributed by atoms with Crippen LogP contribution in [-0.4, -0.2) is 62.4 Å². The van der Waals surface area contributed by atoms with E-state index in [0.29, 0.717) is 32.6 Å². The molecule has 0 bridgehead atoms. The first-order valence-electron chi connectivity index (χ1n) is 11.8. The van der Waals surface area contributed by atoms with Gasteiger partial charge in [0.2, 0.25) is 6.29 Å². The van der Waals surface area contributed by atoms with E-state index in [1.165, 1.54) is 0 Å². The molecule has 8 nitrogen and oxygen atoms in total. The summed E-state index contributed by atoms with van der Waals surface area (Å²) in [6.45, 7) is 1.34. The molecule has 1 aliphatic rings. The number of amides is 1. The third kappa shape index (κ3) is 6.63. The quantitative estimate of drug-likeness (QED) is 0.344. The number of aromatic amines is 1. The van der Waals surface area contributed by atoms with Crippen LogP contribution in [0.1, 0.15) is 23.5 Å². The molecule has 1 aromatic heterocycles. The molecule has 0 fully saturated rings. The Morgan fingerprint density at radius 1 is 1.17 bits per heavy atom. The molecule has 3 N–H and O–H groups in total.